The smallest absolute Gasteiger partial charge is 0.127 e. The standard InChI is InChI=1S/C29H29N3OS/c30-29(34)25-15-5-6-16-26(25)32-20-10-17-27(32)28(31-18-7-2-8-19-31)22-11-9-14-24(21-22)33-23-12-3-1-4-13-23/h1,3-6,9-17,20-21,28H,2,7-8,18-19H2,(H2,30,34). The maximum Gasteiger partial charge on any atom is 0.127 e. The number of nitrogens with zero attached hydrogens (tertiary/aromatic N) is 2. The Kier molecular flexibility index (Phi) is 6.74. The maximum absolute atomic E-state index is 6.18. The largest absolute Gasteiger partial charge is 0.457 e. The molecule has 172 valence electrons. The highest BCUT2D eigenvalue weighted by atomic mass is 32.1. The molecule has 0 aliphatic carbocycles. The molecule has 4 aromatic rings. The van der Waals surface area contributed by atoms with E-state index in [1.807, 2.05) is 54.6 Å². The van der Waals surface area contributed by atoms with Crippen LogP contribution in [0.2, 0.25) is 0 Å². The molecule has 0 bridgehead atoms. The lowest BCUT2D eigenvalue weighted by atomic mass is 9.98. The van der Waals surface area contributed by atoms with Crippen LogP contribution in [0.3, 0.4) is 0 Å². The number of thiocarbonyl (C=S) groups is 1. The predicted molar refractivity (Wildman–Crippen MR) is 142 cm³/mol. The number of hydrogen-bond donors (Lipinski definition) is 1. The van der Waals surface area contributed by atoms with Crippen LogP contribution in [0.5, 0.6) is 11.5 Å². The van der Waals surface area contributed by atoms with E-state index < -0.39 is 0 Å². The van der Waals surface area contributed by atoms with Crippen LogP contribution in [-0.2, 0) is 0 Å². The minimum absolute atomic E-state index is 0.0917. The molecule has 34 heavy (non-hydrogen) atoms. The summed E-state index contributed by atoms with van der Waals surface area (Å²) in [6.07, 6.45) is 5.81. The van der Waals surface area contributed by atoms with Gasteiger partial charge in [0.05, 0.1) is 11.7 Å². The lowest BCUT2D eigenvalue weighted by Crippen LogP contribution is -2.35. The van der Waals surface area contributed by atoms with Gasteiger partial charge in [-0.05, 0) is 80.0 Å². The van der Waals surface area contributed by atoms with Crippen LogP contribution in [0.4, 0.5) is 0 Å². The van der Waals surface area contributed by atoms with E-state index in [1.165, 1.54) is 30.5 Å². The van der Waals surface area contributed by atoms with Crippen LogP contribution in [0.1, 0.15) is 42.1 Å². The molecule has 1 unspecified atom stereocenters. The molecule has 1 fully saturated rings. The molecule has 3 aromatic carbocycles. The molecule has 2 N–H and O–H groups in total. The van der Waals surface area contributed by atoms with E-state index in [0.717, 1.165) is 35.8 Å². The van der Waals surface area contributed by atoms with Crippen molar-refractivity contribution in [3.63, 3.8) is 0 Å². The molecule has 1 atom stereocenters. The number of rotatable bonds is 7. The third kappa shape index (κ3) is 4.76. The summed E-state index contributed by atoms with van der Waals surface area (Å²) in [5.74, 6) is 1.68. The molecule has 2 heterocycles. The average molecular weight is 468 g/mol. The fourth-order valence-electron chi connectivity index (χ4n) is 4.85. The number of ether oxygens (including phenoxy) is 1. The van der Waals surface area contributed by atoms with Crippen molar-refractivity contribution in [1.29, 1.82) is 0 Å². The van der Waals surface area contributed by atoms with Gasteiger partial charge in [-0.2, -0.15) is 0 Å². The summed E-state index contributed by atoms with van der Waals surface area (Å²) < 4.78 is 8.41. The predicted octanol–water partition coefficient (Wildman–Crippen LogP) is 6.48. The van der Waals surface area contributed by atoms with Crippen LogP contribution in [0.15, 0.2) is 97.2 Å². The van der Waals surface area contributed by atoms with E-state index in [0.29, 0.717) is 4.99 Å². The molecular formula is C29H29N3OS. The third-order valence-electron chi connectivity index (χ3n) is 6.40. The van der Waals surface area contributed by atoms with Crippen LogP contribution >= 0.6 is 12.2 Å². The molecule has 0 radical (unpaired) electrons. The van der Waals surface area contributed by atoms with Crippen LogP contribution in [0, 0.1) is 0 Å². The fourth-order valence-corrected chi connectivity index (χ4v) is 5.02. The van der Waals surface area contributed by atoms with Gasteiger partial charge in [0.1, 0.15) is 16.5 Å². The molecule has 0 amide bonds. The molecule has 1 aromatic heterocycles. The zero-order chi connectivity index (χ0) is 23.3. The SMILES string of the molecule is NC(=S)c1ccccc1-n1cccc1C(c1cccc(Oc2ccccc2)c1)N1CCCCC1. The zero-order valence-electron chi connectivity index (χ0n) is 19.1. The lowest BCUT2D eigenvalue weighted by molar-refractivity contribution is 0.183. The van der Waals surface area contributed by atoms with E-state index in [1.54, 1.807) is 0 Å². The molecule has 1 aliphatic heterocycles. The van der Waals surface area contributed by atoms with Crippen molar-refractivity contribution < 1.29 is 4.74 Å². The first-order valence-electron chi connectivity index (χ1n) is 11.8. The van der Waals surface area contributed by atoms with Crippen LogP contribution < -0.4 is 10.5 Å². The van der Waals surface area contributed by atoms with Crippen LogP contribution in [-0.4, -0.2) is 27.5 Å². The summed E-state index contributed by atoms with van der Waals surface area (Å²) >= 11 is 5.37. The highest BCUT2D eigenvalue weighted by molar-refractivity contribution is 7.80. The first kappa shape index (κ1) is 22.4. The summed E-state index contributed by atoms with van der Waals surface area (Å²) in [5.41, 5.74) is 10.4. The molecule has 1 saturated heterocycles. The monoisotopic (exact) mass is 467 g/mol. The minimum atomic E-state index is 0.0917. The van der Waals surface area contributed by atoms with Gasteiger partial charge in [0.2, 0.25) is 0 Å². The van der Waals surface area contributed by atoms with Crippen molar-refractivity contribution >= 4 is 17.2 Å². The molecule has 5 heteroatoms. The number of nitrogens with two attached hydrogens (primary N) is 1. The number of hydrogen-bond acceptors (Lipinski definition) is 3. The van der Waals surface area contributed by atoms with Crippen molar-refractivity contribution in [2.24, 2.45) is 5.73 Å². The first-order chi connectivity index (χ1) is 16.7. The van der Waals surface area contributed by atoms with Crippen LogP contribution in [0.25, 0.3) is 5.69 Å². The Labute approximate surface area is 206 Å². The number of benzene rings is 3. The molecule has 5 rings (SSSR count). The van der Waals surface area contributed by atoms with Crippen molar-refractivity contribution in [3.05, 3.63) is 114 Å². The fraction of sp³-hybridized carbons (Fsp3) is 0.207. The Morgan fingerprint density at radius 2 is 1.53 bits per heavy atom. The van der Waals surface area contributed by atoms with Crippen molar-refractivity contribution in [2.75, 3.05) is 13.1 Å². The first-order valence-corrected chi connectivity index (χ1v) is 12.2. The van der Waals surface area contributed by atoms with Gasteiger partial charge in [-0.1, -0.05) is 61.1 Å². The van der Waals surface area contributed by atoms with Gasteiger partial charge >= 0.3 is 0 Å². The van der Waals surface area contributed by atoms with Crippen molar-refractivity contribution in [2.45, 2.75) is 25.3 Å². The number of aromatic nitrogens is 1. The quantitative estimate of drug-likeness (QED) is 0.316. The van der Waals surface area contributed by atoms with Gasteiger partial charge in [-0.25, -0.2) is 0 Å². The lowest BCUT2D eigenvalue weighted by Gasteiger charge is -2.36. The minimum Gasteiger partial charge on any atom is -0.457 e. The highest BCUT2D eigenvalue weighted by Crippen LogP contribution is 2.35. The number of piperidine rings is 1. The van der Waals surface area contributed by atoms with Crippen molar-refractivity contribution in [3.8, 4) is 17.2 Å². The molecular weight excluding hydrogens is 438 g/mol. The highest BCUT2D eigenvalue weighted by Gasteiger charge is 2.27. The Morgan fingerprint density at radius 1 is 0.794 bits per heavy atom. The van der Waals surface area contributed by atoms with Gasteiger partial charge in [-0.3, -0.25) is 4.90 Å². The molecule has 1 aliphatic rings. The zero-order valence-corrected chi connectivity index (χ0v) is 20.0. The van der Waals surface area contributed by atoms with Gasteiger partial charge in [-0.15, -0.1) is 0 Å². The van der Waals surface area contributed by atoms with E-state index in [2.05, 4.69) is 52.1 Å². The van der Waals surface area contributed by atoms with E-state index >= 15 is 0 Å². The van der Waals surface area contributed by atoms with E-state index in [9.17, 15) is 0 Å². The maximum atomic E-state index is 6.18. The Balaban J connectivity index is 1.58. The summed E-state index contributed by atoms with van der Waals surface area (Å²) in [7, 11) is 0. The third-order valence-corrected chi connectivity index (χ3v) is 6.62. The summed E-state index contributed by atoms with van der Waals surface area (Å²) in [4.78, 5) is 2.99. The van der Waals surface area contributed by atoms with Gasteiger partial charge in [0.25, 0.3) is 0 Å². The second-order valence-corrected chi connectivity index (χ2v) is 9.11. The Morgan fingerprint density at radius 3 is 2.32 bits per heavy atom. The average Bonchev–Trinajstić information content (AvgIpc) is 3.35. The second-order valence-electron chi connectivity index (χ2n) is 8.67. The van der Waals surface area contributed by atoms with E-state index in [-0.39, 0.29) is 6.04 Å². The van der Waals surface area contributed by atoms with Gasteiger partial charge in [0, 0.05) is 17.5 Å². The Hall–Kier alpha value is -3.41. The number of likely N-dealkylation sites (tertiary alicyclic amines) is 1. The van der Waals surface area contributed by atoms with Crippen molar-refractivity contribution in [1.82, 2.24) is 9.47 Å². The molecule has 4 nitrogen and oxygen atoms in total. The van der Waals surface area contributed by atoms with Gasteiger partial charge < -0.3 is 15.0 Å². The summed E-state index contributed by atoms with van der Waals surface area (Å²) in [5, 5.41) is 0. The topological polar surface area (TPSA) is 43.4 Å². The second kappa shape index (κ2) is 10.2. The van der Waals surface area contributed by atoms with E-state index in [4.69, 9.17) is 22.7 Å². The summed E-state index contributed by atoms with van der Waals surface area (Å²) in [6.45, 7) is 2.13. The molecule has 0 saturated carbocycles. The summed E-state index contributed by atoms with van der Waals surface area (Å²) in [6, 6.07) is 30.9. The molecule has 0 spiro atoms. The number of para-hydroxylation sites is 2. The normalized spacial score (nSPS) is 15.1. The Bertz CT molecular complexity index is 1260. The van der Waals surface area contributed by atoms with Gasteiger partial charge in [0.15, 0.2) is 0 Å².